The summed E-state index contributed by atoms with van der Waals surface area (Å²) in [6, 6.07) is 0. The number of unbranched alkanes of at least 4 members (excludes halogenated alkanes) is 6. The Morgan fingerprint density at radius 2 is 1.21 bits per heavy atom. The number of rotatable bonds is 21. The second kappa shape index (κ2) is 21.6. The van der Waals surface area contributed by atoms with E-state index in [1.54, 1.807) is 0 Å². The first-order valence-electron chi connectivity index (χ1n) is 11.6. The largest absolute Gasteiger partial charge is 0.463 e. The van der Waals surface area contributed by atoms with Crippen molar-refractivity contribution in [2.45, 2.75) is 91.4 Å². The maximum atomic E-state index is 11.9. The van der Waals surface area contributed by atoms with Gasteiger partial charge in [-0.2, -0.15) is 0 Å². The second-order valence-electron chi connectivity index (χ2n) is 7.38. The Morgan fingerprint density at radius 3 is 1.83 bits per heavy atom. The summed E-state index contributed by atoms with van der Waals surface area (Å²) >= 11 is 0. The zero-order valence-corrected chi connectivity index (χ0v) is 19.0. The van der Waals surface area contributed by atoms with Crippen LogP contribution in [0.5, 0.6) is 0 Å². The molecule has 1 atom stereocenters. The normalized spacial score (nSPS) is 12.0. The Bertz CT molecular complexity index is 386. The second-order valence-corrected chi connectivity index (χ2v) is 7.38. The van der Waals surface area contributed by atoms with Crippen LogP contribution in [-0.2, 0) is 28.5 Å². The number of carbonyl (C=O) groups is 2. The van der Waals surface area contributed by atoms with Crippen molar-refractivity contribution < 1.29 is 28.5 Å². The van der Waals surface area contributed by atoms with Gasteiger partial charge >= 0.3 is 11.9 Å². The summed E-state index contributed by atoms with van der Waals surface area (Å²) in [6.07, 6.45) is 11.3. The van der Waals surface area contributed by atoms with Crippen LogP contribution in [0.4, 0.5) is 0 Å². The Hall–Kier alpha value is -1.14. The van der Waals surface area contributed by atoms with Crippen LogP contribution in [0.15, 0.2) is 0 Å². The van der Waals surface area contributed by atoms with E-state index in [9.17, 15) is 9.59 Å². The van der Waals surface area contributed by atoms with E-state index in [4.69, 9.17) is 18.9 Å². The van der Waals surface area contributed by atoms with Gasteiger partial charge in [0.25, 0.3) is 0 Å². The van der Waals surface area contributed by atoms with Gasteiger partial charge in [-0.1, -0.05) is 65.7 Å². The Morgan fingerprint density at radius 1 is 0.655 bits per heavy atom. The van der Waals surface area contributed by atoms with Gasteiger partial charge in [0.2, 0.25) is 0 Å². The molecule has 0 N–H and O–H groups in total. The zero-order valence-electron chi connectivity index (χ0n) is 19.0. The number of hydrogen-bond acceptors (Lipinski definition) is 6. The lowest BCUT2D eigenvalue weighted by atomic mass is 10.00. The zero-order chi connectivity index (χ0) is 21.6. The molecule has 0 aliphatic carbocycles. The van der Waals surface area contributed by atoms with Crippen LogP contribution in [-0.4, -0.2) is 51.6 Å². The SMILES string of the molecule is CCCCCCCCC(=O)OCCOCCOCCOC(=O)C(CC)CCCC. The van der Waals surface area contributed by atoms with Gasteiger partial charge < -0.3 is 18.9 Å². The Kier molecular flexibility index (Phi) is 20.7. The van der Waals surface area contributed by atoms with E-state index in [-0.39, 0.29) is 31.1 Å². The number of carbonyl (C=O) groups excluding carboxylic acids is 2. The molecule has 6 heteroatoms. The molecule has 0 radical (unpaired) electrons. The number of ether oxygens (including phenoxy) is 4. The molecule has 0 aliphatic heterocycles. The van der Waals surface area contributed by atoms with Crippen LogP contribution in [0.2, 0.25) is 0 Å². The predicted octanol–water partition coefficient (Wildman–Crippen LogP) is 5.07. The summed E-state index contributed by atoms with van der Waals surface area (Å²) in [4.78, 5) is 23.5. The summed E-state index contributed by atoms with van der Waals surface area (Å²) in [7, 11) is 0. The van der Waals surface area contributed by atoms with Crippen LogP contribution in [0.1, 0.15) is 91.4 Å². The van der Waals surface area contributed by atoms with E-state index < -0.39 is 0 Å². The summed E-state index contributed by atoms with van der Waals surface area (Å²) in [6.45, 7) is 8.48. The molecule has 0 aromatic carbocycles. The third-order valence-corrected chi connectivity index (χ3v) is 4.80. The third kappa shape index (κ3) is 18.6. The topological polar surface area (TPSA) is 71.1 Å². The fourth-order valence-electron chi connectivity index (χ4n) is 2.92. The first-order valence-corrected chi connectivity index (χ1v) is 11.6. The summed E-state index contributed by atoms with van der Waals surface area (Å²) in [5.41, 5.74) is 0. The van der Waals surface area contributed by atoms with Crippen molar-refractivity contribution in [3.63, 3.8) is 0 Å². The van der Waals surface area contributed by atoms with Gasteiger partial charge in [0.15, 0.2) is 0 Å². The van der Waals surface area contributed by atoms with E-state index >= 15 is 0 Å². The Balaban J connectivity index is 3.38. The third-order valence-electron chi connectivity index (χ3n) is 4.80. The van der Waals surface area contributed by atoms with Crippen molar-refractivity contribution in [2.24, 2.45) is 5.92 Å². The molecule has 0 aromatic rings. The fourth-order valence-corrected chi connectivity index (χ4v) is 2.92. The van der Waals surface area contributed by atoms with Crippen LogP contribution in [0.25, 0.3) is 0 Å². The molecule has 1 unspecified atom stereocenters. The van der Waals surface area contributed by atoms with E-state index in [1.807, 2.05) is 6.92 Å². The minimum Gasteiger partial charge on any atom is -0.463 e. The van der Waals surface area contributed by atoms with Gasteiger partial charge in [-0.3, -0.25) is 9.59 Å². The lowest BCUT2D eigenvalue weighted by molar-refractivity contribution is -0.151. The maximum Gasteiger partial charge on any atom is 0.308 e. The summed E-state index contributed by atoms with van der Waals surface area (Å²) in [5.74, 6) is -0.267. The number of esters is 2. The summed E-state index contributed by atoms with van der Waals surface area (Å²) in [5, 5.41) is 0. The average molecular weight is 417 g/mol. The molecule has 0 saturated heterocycles. The van der Waals surface area contributed by atoms with E-state index in [1.165, 1.54) is 25.7 Å². The van der Waals surface area contributed by atoms with E-state index in [0.717, 1.165) is 38.5 Å². The smallest absolute Gasteiger partial charge is 0.308 e. The van der Waals surface area contributed by atoms with Crippen LogP contribution in [0.3, 0.4) is 0 Å². The van der Waals surface area contributed by atoms with Gasteiger partial charge in [0.05, 0.1) is 32.3 Å². The number of hydrogen-bond donors (Lipinski definition) is 0. The van der Waals surface area contributed by atoms with E-state index in [2.05, 4.69) is 13.8 Å². The molecule has 29 heavy (non-hydrogen) atoms. The molecule has 0 bridgehead atoms. The van der Waals surface area contributed by atoms with Crippen LogP contribution >= 0.6 is 0 Å². The molecule has 0 fully saturated rings. The predicted molar refractivity (Wildman–Crippen MR) is 115 cm³/mol. The molecule has 0 amide bonds. The first-order chi connectivity index (χ1) is 14.2. The molecule has 172 valence electrons. The minimum atomic E-state index is -0.147. The highest BCUT2D eigenvalue weighted by atomic mass is 16.6. The average Bonchev–Trinajstić information content (AvgIpc) is 2.72. The molecular formula is C23H44O6. The Labute approximate surface area is 178 Å². The molecule has 0 saturated carbocycles. The highest BCUT2D eigenvalue weighted by Gasteiger charge is 2.16. The molecule has 0 rings (SSSR count). The maximum absolute atomic E-state index is 11.9. The van der Waals surface area contributed by atoms with Crippen molar-refractivity contribution in [2.75, 3.05) is 39.6 Å². The van der Waals surface area contributed by atoms with Crippen molar-refractivity contribution in [3.05, 3.63) is 0 Å². The van der Waals surface area contributed by atoms with Crippen molar-refractivity contribution >= 4 is 11.9 Å². The minimum absolute atomic E-state index is 0.00190. The fraction of sp³-hybridized carbons (Fsp3) is 0.913. The quantitative estimate of drug-likeness (QED) is 0.192. The van der Waals surface area contributed by atoms with Crippen LogP contribution < -0.4 is 0 Å². The standard InChI is InChI=1S/C23H44O6/c1-4-7-9-10-11-12-14-22(24)28-19-17-26-15-16-27-18-20-29-23(25)21(6-3)13-8-5-2/h21H,4-20H2,1-3H3. The molecule has 0 heterocycles. The van der Waals surface area contributed by atoms with Crippen molar-refractivity contribution in [1.82, 2.24) is 0 Å². The first kappa shape index (κ1) is 27.9. The lowest BCUT2D eigenvalue weighted by Gasteiger charge is -2.13. The molecule has 0 spiro atoms. The van der Waals surface area contributed by atoms with Gasteiger partial charge in [-0.05, 0) is 19.3 Å². The van der Waals surface area contributed by atoms with E-state index in [0.29, 0.717) is 32.8 Å². The highest BCUT2D eigenvalue weighted by molar-refractivity contribution is 5.72. The highest BCUT2D eigenvalue weighted by Crippen LogP contribution is 2.14. The van der Waals surface area contributed by atoms with Gasteiger partial charge in [-0.15, -0.1) is 0 Å². The van der Waals surface area contributed by atoms with Gasteiger partial charge in [0, 0.05) is 6.42 Å². The van der Waals surface area contributed by atoms with Crippen molar-refractivity contribution in [1.29, 1.82) is 0 Å². The molecule has 0 aliphatic rings. The van der Waals surface area contributed by atoms with Gasteiger partial charge in [0.1, 0.15) is 13.2 Å². The van der Waals surface area contributed by atoms with Crippen molar-refractivity contribution in [3.8, 4) is 0 Å². The monoisotopic (exact) mass is 416 g/mol. The molecule has 6 nitrogen and oxygen atoms in total. The van der Waals surface area contributed by atoms with Crippen LogP contribution in [0, 0.1) is 5.92 Å². The lowest BCUT2D eigenvalue weighted by Crippen LogP contribution is -2.20. The molecule has 0 aromatic heterocycles. The molecular weight excluding hydrogens is 372 g/mol. The van der Waals surface area contributed by atoms with Gasteiger partial charge in [-0.25, -0.2) is 0 Å². The summed E-state index contributed by atoms with van der Waals surface area (Å²) < 4.78 is 21.2.